The second-order valence-electron chi connectivity index (χ2n) is 3.61. The van der Waals surface area contributed by atoms with Crippen molar-refractivity contribution in [3.05, 3.63) is 53.0 Å². The highest BCUT2D eigenvalue weighted by molar-refractivity contribution is 9.10. The number of aliphatic imine (C=N–C) groups is 1. The fourth-order valence-corrected chi connectivity index (χ4v) is 1.85. The summed E-state index contributed by atoms with van der Waals surface area (Å²) < 4.78 is 6.16. The Morgan fingerprint density at radius 2 is 2.00 bits per heavy atom. The van der Waals surface area contributed by atoms with E-state index in [1.54, 1.807) is 13.4 Å². The van der Waals surface area contributed by atoms with Gasteiger partial charge in [0.1, 0.15) is 5.75 Å². The highest BCUT2D eigenvalue weighted by atomic mass is 79.9. The molecule has 2 aromatic carbocycles. The Morgan fingerprint density at radius 3 is 2.78 bits per heavy atom. The molecule has 4 heteroatoms. The first-order valence-electron chi connectivity index (χ1n) is 5.46. The molecule has 0 aliphatic heterocycles. The molecular formula is C14H13BrN2O. The summed E-state index contributed by atoms with van der Waals surface area (Å²) in [6, 6.07) is 15.5. The molecular weight excluding hydrogens is 292 g/mol. The maximum atomic E-state index is 5.13. The average molecular weight is 305 g/mol. The summed E-state index contributed by atoms with van der Waals surface area (Å²) in [6.07, 6.45) is 1.66. The summed E-state index contributed by atoms with van der Waals surface area (Å²) in [6.45, 7) is 0. The van der Waals surface area contributed by atoms with Crippen molar-refractivity contribution >= 4 is 33.6 Å². The van der Waals surface area contributed by atoms with Crippen LogP contribution in [0.5, 0.6) is 5.75 Å². The molecule has 0 saturated heterocycles. The van der Waals surface area contributed by atoms with E-state index in [1.165, 1.54) is 0 Å². The number of halogens is 1. The van der Waals surface area contributed by atoms with Crippen LogP contribution in [0, 0.1) is 0 Å². The maximum absolute atomic E-state index is 5.13. The van der Waals surface area contributed by atoms with Crippen molar-refractivity contribution in [2.45, 2.75) is 0 Å². The number of methoxy groups -OCH3 is 1. The number of nitrogens with one attached hydrogen (secondary N) is 1. The lowest BCUT2D eigenvalue weighted by molar-refractivity contribution is 0.415. The zero-order valence-corrected chi connectivity index (χ0v) is 11.5. The molecule has 0 radical (unpaired) electrons. The molecule has 0 spiro atoms. The molecule has 92 valence electrons. The number of benzene rings is 2. The van der Waals surface area contributed by atoms with Crippen LogP contribution in [0.1, 0.15) is 0 Å². The number of ether oxygens (including phenoxy) is 1. The summed E-state index contributed by atoms with van der Waals surface area (Å²) in [5, 5.41) is 3.11. The smallest absolute Gasteiger partial charge is 0.121 e. The van der Waals surface area contributed by atoms with E-state index in [0.29, 0.717) is 0 Å². The van der Waals surface area contributed by atoms with Gasteiger partial charge in [0, 0.05) is 16.2 Å². The number of hydrogen-bond donors (Lipinski definition) is 1. The van der Waals surface area contributed by atoms with E-state index in [2.05, 4.69) is 26.2 Å². The molecule has 0 heterocycles. The Bertz CT molecular complexity index is 555. The van der Waals surface area contributed by atoms with E-state index >= 15 is 0 Å². The minimum atomic E-state index is 0.798. The lowest BCUT2D eigenvalue weighted by atomic mass is 10.3. The molecule has 0 unspecified atom stereocenters. The van der Waals surface area contributed by atoms with Crippen LogP contribution >= 0.6 is 15.9 Å². The van der Waals surface area contributed by atoms with Crippen LogP contribution in [0.4, 0.5) is 11.4 Å². The zero-order chi connectivity index (χ0) is 12.8. The van der Waals surface area contributed by atoms with Gasteiger partial charge in [0.15, 0.2) is 0 Å². The molecule has 0 aromatic heterocycles. The predicted octanol–water partition coefficient (Wildman–Crippen LogP) is 4.23. The molecule has 3 nitrogen and oxygen atoms in total. The molecule has 1 N–H and O–H groups in total. The van der Waals surface area contributed by atoms with Gasteiger partial charge in [-0.3, -0.25) is 0 Å². The van der Waals surface area contributed by atoms with E-state index in [9.17, 15) is 0 Å². The molecule has 2 rings (SSSR count). The number of hydrogen-bond acceptors (Lipinski definition) is 2. The topological polar surface area (TPSA) is 33.6 Å². The van der Waals surface area contributed by atoms with Gasteiger partial charge >= 0.3 is 0 Å². The first-order chi connectivity index (χ1) is 8.78. The Labute approximate surface area is 115 Å². The third kappa shape index (κ3) is 3.60. The molecule has 0 saturated carbocycles. The van der Waals surface area contributed by atoms with Crippen LogP contribution in [0.3, 0.4) is 0 Å². The van der Waals surface area contributed by atoms with E-state index in [-0.39, 0.29) is 0 Å². The summed E-state index contributed by atoms with van der Waals surface area (Å²) in [5.74, 6) is 0.798. The first-order valence-corrected chi connectivity index (χ1v) is 6.26. The molecule has 18 heavy (non-hydrogen) atoms. The number of rotatable bonds is 4. The van der Waals surface area contributed by atoms with Crippen LogP contribution in [0.2, 0.25) is 0 Å². The zero-order valence-electron chi connectivity index (χ0n) is 9.93. The van der Waals surface area contributed by atoms with Gasteiger partial charge in [0.2, 0.25) is 0 Å². The molecule has 0 aliphatic carbocycles. The van der Waals surface area contributed by atoms with Gasteiger partial charge < -0.3 is 10.1 Å². The third-order valence-corrected chi connectivity index (χ3v) is 2.82. The highest BCUT2D eigenvalue weighted by Crippen LogP contribution is 2.19. The van der Waals surface area contributed by atoms with Crippen molar-refractivity contribution in [1.82, 2.24) is 0 Å². The maximum Gasteiger partial charge on any atom is 0.121 e. The fourth-order valence-electron chi connectivity index (χ4n) is 1.45. The highest BCUT2D eigenvalue weighted by Gasteiger charge is 1.93. The van der Waals surface area contributed by atoms with Crippen molar-refractivity contribution in [3.8, 4) is 5.75 Å². The Kier molecular flexibility index (Phi) is 4.36. The second-order valence-corrected chi connectivity index (χ2v) is 4.53. The van der Waals surface area contributed by atoms with Gasteiger partial charge in [-0.25, -0.2) is 4.99 Å². The van der Waals surface area contributed by atoms with Crippen molar-refractivity contribution in [3.63, 3.8) is 0 Å². The normalized spacial score (nSPS) is 10.6. The molecule has 0 amide bonds. The van der Waals surface area contributed by atoms with Gasteiger partial charge in [-0.2, -0.15) is 0 Å². The Hall–Kier alpha value is -1.81. The van der Waals surface area contributed by atoms with Gasteiger partial charge in [-0.1, -0.05) is 28.1 Å². The molecule has 0 fully saturated rings. The van der Waals surface area contributed by atoms with E-state index in [4.69, 9.17) is 4.74 Å². The quantitative estimate of drug-likeness (QED) is 0.677. The SMILES string of the molecule is COc1cccc(N=CNc2cccc(Br)c2)c1. The van der Waals surface area contributed by atoms with Gasteiger partial charge in [-0.05, 0) is 30.3 Å². The van der Waals surface area contributed by atoms with Crippen LogP contribution in [-0.4, -0.2) is 13.4 Å². The van der Waals surface area contributed by atoms with Crippen LogP contribution in [0.25, 0.3) is 0 Å². The fraction of sp³-hybridized carbons (Fsp3) is 0.0714. The van der Waals surface area contributed by atoms with Crippen LogP contribution in [0.15, 0.2) is 58.0 Å². The summed E-state index contributed by atoms with van der Waals surface area (Å²) in [4.78, 5) is 4.31. The van der Waals surface area contributed by atoms with E-state index < -0.39 is 0 Å². The Balaban J connectivity index is 2.02. The minimum Gasteiger partial charge on any atom is -0.497 e. The van der Waals surface area contributed by atoms with Gasteiger partial charge in [0.05, 0.1) is 19.1 Å². The number of nitrogens with zero attached hydrogens (tertiary/aromatic N) is 1. The summed E-state index contributed by atoms with van der Waals surface area (Å²) in [7, 11) is 1.64. The largest absolute Gasteiger partial charge is 0.497 e. The summed E-state index contributed by atoms with van der Waals surface area (Å²) >= 11 is 3.42. The van der Waals surface area contributed by atoms with Crippen molar-refractivity contribution in [2.75, 3.05) is 12.4 Å². The predicted molar refractivity (Wildman–Crippen MR) is 78.9 cm³/mol. The van der Waals surface area contributed by atoms with Gasteiger partial charge in [0.25, 0.3) is 0 Å². The molecule has 0 bridgehead atoms. The monoisotopic (exact) mass is 304 g/mol. The van der Waals surface area contributed by atoms with Crippen LogP contribution < -0.4 is 10.1 Å². The molecule has 2 aromatic rings. The lowest BCUT2D eigenvalue weighted by Crippen LogP contribution is -1.93. The number of anilines is 1. The minimum absolute atomic E-state index is 0.798. The van der Waals surface area contributed by atoms with Gasteiger partial charge in [-0.15, -0.1) is 0 Å². The standard InChI is InChI=1S/C14H13BrN2O/c1-18-14-7-3-6-13(9-14)17-10-16-12-5-2-4-11(15)8-12/h2-10H,1H3,(H,16,17). The molecule has 0 aliphatic rings. The molecule has 0 atom stereocenters. The van der Waals surface area contributed by atoms with Crippen molar-refractivity contribution < 1.29 is 4.74 Å². The van der Waals surface area contributed by atoms with Crippen LogP contribution in [-0.2, 0) is 0 Å². The third-order valence-electron chi connectivity index (χ3n) is 2.32. The lowest BCUT2D eigenvalue weighted by Gasteiger charge is -2.01. The van der Waals surface area contributed by atoms with Crippen molar-refractivity contribution in [1.29, 1.82) is 0 Å². The van der Waals surface area contributed by atoms with Crippen molar-refractivity contribution in [2.24, 2.45) is 4.99 Å². The summed E-state index contributed by atoms with van der Waals surface area (Å²) in [5.41, 5.74) is 1.83. The average Bonchev–Trinajstić information content (AvgIpc) is 2.39. The second kappa shape index (κ2) is 6.21. The van der Waals surface area contributed by atoms with E-state index in [1.807, 2.05) is 48.5 Å². The first kappa shape index (κ1) is 12.6. The Morgan fingerprint density at radius 1 is 1.17 bits per heavy atom. The van der Waals surface area contributed by atoms with E-state index in [0.717, 1.165) is 21.6 Å².